The number of nitrogens with zero attached hydrogens (tertiary/aromatic N) is 2. The van der Waals surface area contributed by atoms with Crippen molar-refractivity contribution >= 4 is 75.1 Å². The third kappa shape index (κ3) is 7.75. The molecule has 4 aliphatic rings. The summed E-state index contributed by atoms with van der Waals surface area (Å²) in [5.74, 6) is -0.746. The number of thioether (sulfide) groups is 2. The Hall–Kier alpha value is -5.86. The Morgan fingerprint density at radius 3 is 1.74 bits per heavy atom. The Morgan fingerprint density at radius 2 is 1.20 bits per heavy atom. The van der Waals surface area contributed by atoms with Crippen LogP contribution in [0.25, 0.3) is 6.08 Å². The normalized spacial score (nSPS) is 18.6. The van der Waals surface area contributed by atoms with Crippen LogP contribution in [0.1, 0.15) is 46.2 Å². The van der Waals surface area contributed by atoms with E-state index >= 15 is 0 Å². The zero-order valence-electron chi connectivity index (χ0n) is 28.7. The van der Waals surface area contributed by atoms with Crippen molar-refractivity contribution in [3.05, 3.63) is 123 Å². The highest BCUT2D eigenvalue weighted by Gasteiger charge is 2.35. The molecule has 2 fully saturated rings. The molecule has 0 saturated carbocycles. The fourth-order valence-corrected chi connectivity index (χ4v) is 8.43. The highest BCUT2D eigenvalue weighted by molar-refractivity contribution is 8.18. The smallest absolute Gasteiger partial charge is 0.290 e. The maximum atomic E-state index is 12.6. The lowest BCUT2D eigenvalue weighted by atomic mass is 9.92. The molecule has 8 rings (SSSR count). The highest BCUT2D eigenvalue weighted by atomic mass is 32.2. The first-order chi connectivity index (χ1) is 26.0. The SMILES string of the molecule is O=C1NC(=O)C(=Cc2ccc(O)c3c2CCC(=O)N3Cc2ccccc2)S1.O=C1NC(=O)C(Cc2ccc(O)c3c2CCC(=O)N3Cc2ccccc2)S1. The molecule has 0 radical (unpaired) electrons. The maximum absolute atomic E-state index is 12.6. The molecule has 1 atom stereocenters. The van der Waals surface area contributed by atoms with Crippen LogP contribution in [-0.4, -0.2) is 49.6 Å². The van der Waals surface area contributed by atoms with E-state index < -0.39 is 16.4 Å². The molecule has 0 spiro atoms. The number of anilines is 2. The fourth-order valence-electron chi connectivity index (χ4n) is 6.92. The van der Waals surface area contributed by atoms with Gasteiger partial charge in [0, 0.05) is 12.8 Å². The topological polar surface area (TPSA) is 173 Å². The Bertz CT molecular complexity index is 2230. The summed E-state index contributed by atoms with van der Waals surface area (Å²) in [6, 6.07) is 25.7. The Labute approximate surface area is 318 Å². The van der Waals surface area contributed by atoms with Crippen molar-refractivity contribution in [2.45, 2.75) is 50.4 Å². The van der Waals surface area contributed by atoms with Gasteiger partial charge in [0.15, 0.2) is 0 Å². The van der Waals surface area contributed by atoms with E-state index in [1.54, 1.807) is 34.1 Å². The van der Waals surface area contributed by atoms with Crippen LogP contribution < -0.4 is 20.4 Å². The second kappa shape index (κ2) is 15.6. The number of phenols is 2. The molecule has 14 heteroatoms. The third-order valence-electron chi connectivity index (χ3n) is 9.44. The quantitative estimate of drug-likeness (QED) is 0.165. The molecule has 4 aliphatic heterocycles. The van der Waals surface area contributed by atoms with Gasteiger partial charge in [0.25, 0.3) is 16.4 Å². The number of hydrogen-bond donors (Lipinski definition) is 4. The highest BCUT2D eigenvalue weighted by Crippen LogP contribution is 2.42. The van der Waals surface area contributed by atoms with E-state index in [9.17, 15) is 39.0 Å². The van der Waals surface area contributed by atoms with Crippen molar-refractivity contribution in [1.82, 2.24) is 10.6 Å². The third-order valence-corrected chi connectivity index (χ3v) is 11.2. The maximum Gasteiger partial charge on any atom is 0.290 e. The van der Waals surface area contributed by atoms with Gasteiger partial charge in [-0.05, 0) is 82.6 Å². The van der Waals surface area contributed by atoms with Crippen LogP contribution in [0.2, 0.25) is 0 Å². The molecule has 0 aliphatic carbocycles. The van der Waals surface area contributed by atoms with Gasteiger partial charge in [0.1, 0.15) is 11.5 Å². The second-order valence-electron chi connectivity index (χ2n) is 12.9. The molecule has 4 aromatic rings. The number of benzene rings is 4. The van der Waals surface area contributed by atoms with Crippen LogP contribution in [0.5, 0.6) is 11.5 Å². The fraction of sp³-hybridized carbons (Fsp3) is 0.200. The van der Waals surface area contributed by atoms with E-state index in [1.165, 1.54) is 6.07 Å². The Morgan fingerprint density at radius 1 is 0.648 bits per heavy atom. The van der Waals surface area contributed by atoms with Crippen LogP contribution in [0, 0.1) is 0 Å². The molecule has 6 amide bonds. The number of aromatic hydroxyl groups is 2. The predicted molar refractivity (Wildman–Crippen MR) is 206 cm³/mol. The first kappa shape index (κ1) is 36.5. The van der Waals surface area contributed by atoms with E-state index in [0.29, 0.717) is 61.5 Å². The molecule has 0 bridgehead atoms. The minimum Gasteiger partial charge on any atom is -0.506 e. The van der Waals surface area contributed by atoms with Crippen molar-refractivity contribution < 1.29 is 39.0 Å². The van der Waals surface area contributed by atoms with E-state index in [4.69, 9.17) is 0 Å². The van der Waals surface area contributed by atoms with Gasteiger partial charge in [-0.25, -0.2) is 0 Å². The zero-order chi connectivity index (χ0) is 37.9. The van der Waals surface area contributed by atoms with Crippen LogP contribution in [-0.2, 0) is 51.5 Å². The molecular weight excluding hydrogens is 729 g/mol. The number of rotatable bonds is 7. The van der Waals surface area contributed by atoms with Gasteiger partial charge >= 0.3 is 0 Å². The first-order valence-electron chi connectivity index (χ1n) is 17.2. The van der Waals surface area contributed by atoms with E-state index in [-0.39, 0.29) is 34.5 Å². The van der Waals surface area contributed by atoms with E-state index in [1.807, 2.05) is 60.7 Å². The number of imide groups is 2. The van der Waals surface area contributed by atoms with Crippen molar-refractivity contribution in [1.29, 1.82) is 0 Å². The van der Waals surface area contributed by atoms with Gasteiger partial charge in [-0.15, -0.1) is 0 Å². The number of carbonyl (C=O) groups excluding carboxylic acids is 6. The van der Waals surface area contributed by atoms with E-state index in [2.05, 4.69) is 10.6 Å². The number of hydrogen-bond acceptors (Lipinski definition) is 10. The van der Waals surface area contributed by atoms with Crippen LogP contribution in [0.15, 0.2) is 89.8 Å². The summed E-state index contributed by atoms with van der Waals surface area (Å²) in [6.07, 6.45) is 3.66. The number of carbonyl (C=O) groups is 6. The van der Waals surface area contributed by atoms with Gasteiger partial charge in [0.05, 0.1) is 34.6 Å². The molecule has 4 N–H and O–H groups in total. The molecule has 4 heterocycles. The predicted octanol–water partition coefficient (Wildman–Crippen LogP) is 5.96. The summed E-state index contributed by atoms with van der Waals surface area (Å²) in [4.78, 5) is 75.2. The van der Waals surface area contributed by atoms with Crippen LogP contribution in [0.4, 0.5) is 21.0 Å². The molecule has 54 heavy (non-hydrogen) atoms. The number of phenolic OH excluding ortho intramolecular Hbond substituents is 2. The summed E-state index contributed by atoms with van der Waals surface area (Å²) in [5, 5.41) is 24.2. The van der Waals surface area contributed by atoms with Crippen molar-refractivity contribution in [2.75, 3.05) is 9.80 Å². The monoisotopic (exact) mass is 762 g/mol. The van der Waals surface area contributed by atoms with Gasteiger partial charge in [-0.3, -0.25) is 39.4 Å². The molecule has 0 aromatic heterocycles. The molecular formula is C40H34N4O8S2. The number of nitrogens with one attached hydrogen (secondary N) is 2. The molecule has 12 nitrogen and oxygen atoms in total. The lowest BCUT2D eigenvalue weighted by Gasteiger charge is -2.32. The largest absolute Gasteiger partial charge is 0.506 e. The Balaban J connectivity index is 0.000000167. The minimum atomic E-state index is -0.480. The van der Waals surface area contributed by atoms with Gasteiger partial charge in [0.2, 0.25) is 17.7 Å². The van der Waals surface area contributed by atoms with Crippen molar-refractivity contribution in [3.63, 3.8) is 0 Å². The van der Waals surface area contributed by atoms with Crippen molar-refractivity contribution in [3.8, 4) is 11.5 Å². The minimum absolute atomic E-state index is 0.0238. The summed E-state index contributed by atoms with van der Waals surface area (Å²) in [6.45, 7) is 0.731. The standard InChI is InChI=1S/C20H18N2O4S.C20H16N2O4S/c2*23-15-8-6-13(10-16-19(25)21-20(26)27-16)14-7-9-17(24)22(18(14)15)11-12-4-2-1-3-5-12/h1-6,8,16,23H,7,9-11H2,(H,21,25,26);1-6,8,10,23H,7,9,11H2,(H,21,25,26). The number of fused-ring (bicyclic) bond motifs is 2. The van der Waals surface area contributed by atoms with Crippen LogP contribution >= 0.6 is 23.5 Å². The Kier molecular flexibility index (Phi) is 10.6. The van der Waals surface area contributed by atoms with Gasteiger partial charge in [-0.2, -0.15) is 0 Å². The van der Waals surface area contributed by atoms with E-state index in [0.717, 1.165) is 56.9 Å². The molecule has 274 valence electrons. The summed E-state index contributed by atoms with van der Waals surface area (Å²) >= 11 is 1.83. The summed E-state index contributed by atoms with van der Waals surface area (Å²) in [7, 11) is 0. The van der Waals surface area contributed by atoms with Gasteiger partial charge < -0.3 is 20.0 Å². The average molecular weight is 763 g/mol. The lowest BCUT2D eigenvalue weighted by molar-refractivity contribution is -0.119. The van der Waals surface area contributed by atoms with Gasteiger partial charge in [-0.1, -0.05) is 84.6 Å². The molecule has 2 saturated heterocycles. The average Bonchev–Trinajstić information content (AvgIpc) is 3.66. The molecule has 4 aromatic carbocycles. The zero-order valence-corrected chi connectivity index (χ0v) is 30.4. The van der Waals surface area contributed by atoms with Crippen LogP contribution in [0.3, 0.4) is 0 Å². The second-order valence-corrected chi connectivity index (χ2v) is 15.1. The van der Waals surface area contributed by atoms with Crippen molar-refractivity contribution in [2.24, 2.45) is 0 Å². The number of amides is 6. The first-order valence-corrected chi connectivity index (χ1v) is 18.9. The summed E-state index contributed by atoms with van der Waals surface area (Å²) < 4.78 is 0. The lowest BCUT2D eigenvalue weighted by Crippen LogP contribution is -2.35. The summed E-state index contributed by atoms with van der Waals surface area (Å²) in [5.41, 5.74) is 6.19. The molecule has 1 unspecified atom stereocenters.